The number of benzene rings is 1. The van der Waals surface area contributed by atoms with Gasteiger partial charge in [-0.25, -0.2) is 0 Å². The molecule has 122 valence electrons. The van der Waals surface area contributed by atoms with E-state index < -0.39 is 0 Å². The number of piperazine rings is 1. The lowest BCUT2D eigenvalue weighted by Crippen LogP contribution is -2.50. The molecule has 1 atom stereocenters. The average Bonchev–Trinajstić information content (AvgIpc) is 2.96. The molecule has 4 nitrogen and oxygen atoms in total. The van der Waals surface area contributed by atoms with Crippen molar-refractivity contribution in [2.45, 2.75) is 32.4 Å². The van der Waals surface area contributed by atoms with Gasteiger partial charge in [0.1, 0.15) is 5.75 Å². The fourth-order valence-electron chi connectivity index (χ4n) is 3.86. The maximum absolute atomic E-state index is 9.56. The summed E-state index contributed by atoms with van der Waals surface area (Å²) >= 11 is 0. The van der Waals surface area contributed by atoms with Crippen LogP contribution in [0.3, 0.4) is 0 Å². The van der Waals surface area contributed by atoms with Crippen molar-refractivity contribution in [3.05, 3.63) is 29.8 Å². The van der Waals surface area contributed by atoms with Gasteiger partial charge in [0.25, 0.3) is 0 Å². The predicted octanol–water partition coefficient (Wildman–Crippen LogP) is 1.99. The van der Waals surface area contributed by atoms with Crippen LogP contribution in [0.2, 0.25) is 0 Å². The van der Waals surface area contributed by atoms with Crippen LogP contribution in [0, 0.1) is 0 Å². The summed E-state index contributed by atoms with van der Waals surface area (Å²) in [5, 5.41) is 9.56. The Labute approximate surface area is 134 Å². The lowest BCUT2D eigenvalue weighted by molar-refractivity contribution is 0.101. The minimum atomic E-state index is 0.372. The van der Waals surface area contributed by atoms with Crippen LogP contribution in [-0.4, -0.2) is 71.7 Å². The van der Waals surface area contributed by atoms with Crippen LogP contribution in [0.5, 0.6) is 5.75 Å². The molecule has 2 saturated heterocycles. The first-order valence-corrected chi connectivity index (χ1v) is 8.71. The summed E-state index contributed by atoms with van der Waals surface area (Å²) in [4.78, 5) is 7.77. The zero-order valence-corrected chi connectivity index (χ0v) is 13.7. The van der Waals surface area contributed by atoms with Gasteiger partial charge in [-0.3, -0.25) is 14.7 Å². The van der Waals surface area contributed by atoms with Crippen molar-refractivity contribution in [2.24, 2.45) is 0 Å². The summed E-state index contributed by atoms with van der Waals surface area (Å²) in [5.41, 5.74) is 1.21. The molecule has 0 amide bonds. The van der Waals surface area contributed by atoms with Gasteiger partial charge in [0.15, 0.2) is 0 Å². The maximum atomic E-state index is 9.56. The number of phenols is 1. The van der Waals surface area contributed by atoms with Crippen LogP contribution in [0.4, 0.5) is 0 Å². The highest BCUT2D eigenvalue weighted by atomic mass is 16.3. The standard InChI is InChI=1S/C18H29N3O/c1-2-21-8-4-6-17(21)15-20-11-9-19(10-12-20)14-16-5-3-7-18(22)13-16/h3,5,7,13,17,22H,2,4,6,8-12,14-15H2,1H3. The zero-order chi connectivity index (χ0) is 15.4. The van der Waals surface area contributed by atoms with Crippen molar-refractivity contribution >= 4 is 0 Å². The van der Waals surface area contributed by atoms with Gasteiger partial charge in [0.05, 0.1) is 0 Å². The first-order valence-electron chi connectivity index (χ1n) is 8.71. The Bertz CT molecular complexity index is 471. The molecule has 0 bridgehead atoms. The smallest absolute Gasteiger partial charge is 0.115 e. The molecule has 0 aromatic heterocycles. The molecule has 4 heteroatoms. The molecule has 0 saturated carbocycles. The molecule has 2 aliphatic rings. The molecule has 2 aliphatic heterocycles. The van der Waals surface area contributed by atoms with Crippen molar-refractivity contribution in [3.8, 4) is 5.75 Å². The van der Waals surface area contributed by atoms with Crippen LogP contribution >= 0.6 is 0 Å². The number of rotatable bonds is 5. The van der Waals surface area contributed by atoms with E-state index in [0.717, 1.165) is 25.7 Å². The van der Waals surface area contributed by atoms with E-state index in [1.807, 2.05) is 12.1 Å². The molecule has 0 aliphatic carbocycles. The van der Waals surface area contributed by atoms with Crippen molar-refractivity contribution < 1.29 is 5.11 Å². The Morgan fingerprint density at radius 1 is 1.09 bits per heavy atom. The first-order chi connectivity index (χ1) is 10.7. The summed E-state index contributed by atoms with van der Waals surface area (Å²) in [6.45, 7) is 11.6. The van der Waals surface area contributed by atoms with Gasteiger partial charge >= 0.3 is 0 Å². The van der Waals surface area contributed by atoms with Crippen LogP contribution in [0.15, 0.2) is 24.3 Å². The van der Waals surface area contributed by atoms with E-state index >= 15 is 0 Å². The molecule has 1 N–H and O–H groups in total. The highest BCUT2D eigenvalue weighted by Crippen LogP contribution is 2.19. The van der Waals surface area contributed by atoms with Gasteiger partial charge in [-0.15, -0.1) is 0 Å². The Hall–Kier alpha value is -1.10. The van der Waals surface area contributed by atoms with Gasteiger partial charge in [0, 0.05) is 45.3 Å². The molecule has 1 aromatic rings. The summed E-state index contributed by atoms with van der Waals surface area (Å²) in [6, 6.07) is 8.43. The number of likely N-dealkylation sites (tertiary alicyclic amines) is 1. The Kier molecular flexibility index (Phi) is 5.34. The topological polar surface area (TPSA) is 30.0 Å². The van der Waals surface area contributed by atoms with E-state index in [4.69, 9.17) is 0 Å². The van der Waals surface area contributed by atoms with Crippen molar-refractivity contribution in [3.63, 3.8) is 0 Å². The minimum Gasteiger partial charge on any atom is -0.508 e. The Morgan fingerprint density at radius 3 is 2.59 bits per heavy atom. The van der Waals surface area contributed by atoms with E-state index in [1.165, 1.54) is 51.1 Å². The second-order valence-electron chi connectivity index (χ2n) is 6.67. The quantitative estimate of drug-likeness (QED) is 0.901. The minimum absolute atomic E-state index is 0.372. The van der Waals surface area contributed by atoms with E-state index in [0.29, 0.717) is 5.75 Å². The molecule has 3 rings (SSSR count). The first kappa shape index (κ1) is 15.8. The van der Waals surface area contributed by atoms with Gasteiger partial charge < -0.3 is 5.11 Å². The molecule has 2 heterocycles. The molecule has 22 heavy (non-hydrogen) atoms. The highest BCUT2D eigenvalue weighted by molar-refractivity contribution is 5.27. The van der Waals surface area contributed by atoms with Gasteiger partial charge in [0.2, 0.25) is 0 Å². The van der Waals surface area contributed by atoms with Gasteiger partial charge in [-0.1, -0.05) is 19.1 Å². The Morgan fingerprint density at radius 2 is 1.86 bits per heavy atom. The highest BCUT2D eigenvalue weighted by Gasteiger charge is 2.26. The summed E-state index contributed by atoms with van der Waals surface area (Å²) < 4.78 is 0. The second kappa shape index (κ2) is 7.44. The number of likely N-dealkylation sites (N-methyl/N-ethyl adjacent to an activating group) is 1. The summed E-state index contributed by atoms with van der Waals surface area (Å²) in [5.74, 6) is 0.372. The van der Waals surface area contributed by atoms with E-state index in [-0.39, 0.29) is 0 Å². The lowest BCUT2D eigenvalue weighted by atomic mass is 10.1. The largest absolute Gasteiger partial charge is 0.508 e. The van der Waals surface area contributed by atoms with Crippen molar-refractivity contribution in [1.29, 1.82) is 0 Å². The van der Waals surface area contributed by atoms with Crippen LogP contribution in [0.1, 0.15) is 25.3 Å². The van der Waals surface area contributed by atoms with E-state index in [9.17, 15) is 5.11 Å². The number of hydrogen-bond acceptors (Lipinski definition) is 4. The molecular weight excluding hydrogens is 274 g/mol. The van der Waals surface area contributed by atoms with Crippen LogP contribution in [0.25, 0.3) is 0 Å². The van der Waals surface area contributed by atoms with Gasteiger partial charge in [-0.2, -0.15) is 0 Å². The molecule has 0 radical (unpaired) electrons. The number of aromatic hydroxyl groups is 1. The fraction of sp³-hybridized carbons (Fsp3) is 0.667. The molecule has 1 aromatic carbocycles. The van der Waals surface area contributed by atoms with Crippen molar-refractivity contribution in [2.75, 3.05) is 45.8 Å². The maximum Gasteiger partial charge on any atom is 0.115 e. The van der Waals surface area contributed by atoms with Crippen LogP contribution in [-0.2, 0) is 6.54 Å². The number of hydrogen-bond donors (Lipinski definition) is 1. The second-order valence-corrected chi connectivity index (χ2v) is 6.67. The SMILES string of the molecule is CCN1CCCC1CN1CCN(Cc2cccc(O)c2)CC1. The normalized spacial score (nSPS) is 24.9. The third-order valence-corrected chi connectivity index (χ3v) is 5.16. The predicted molar refractivity (Wildman–Crippen MR) is 90.1 cm³/mol. The summed E-state index contributed by atoms with van der Waals surface area (Å²) in [6.07, 6.45) is 2.74. The number of nitrogens with zero attached hydrogens (tertiary/aromatic N) is 3. The molecule has 2 fully saturated rings. The van der Waals surface area contributed by atoms with E-state index in [2.05, 4.69) is 27.7 Å². The fourth-order valence-corrected chi connectivity index (χ4v) is 3.86. The van der Waals surface area contributed by atoms with Gasteiger partial charge in [-0.05, 0) is 43.6 Å². The van der Waals surface area contributed by atoms with Crippen LogP contribution < -0.4 is 0 Å². The van der Waals surface area contributed by atoms with Crippen molar-refractivity contribution in [1.82, 2.24) is 14.7 Å². The average molecular weight is 303 g/mol. The molecular formula is C18H29N3O. The Balaban J connectivity index is 1.44. The lowest BCUT2D eigenvalue weighted by Gasteiger charge is -2.37. The molecule has 1 unspecified atom stereocenters. The zero-order valence-electron chi connectivity index (χ0n) is 13.7. The van der Waals surface area contributed by atoms with E-state index in [1.54, 1.807) is 6.07 Å². The third-order valence-electron chi connectivity index (χ3n) is 5.16. The third kappa shape index (κ3) is 4.00. The monoisotopic (exact) mass is 303 g/mol. The summed E-state index contributed by atoms with van der Waals surface area (Å²) in [7, 11) is 0. The number of phenolic OH excluding ortho intramolecular Hbond substituents is 1. The molecule has 0 spiro atoms.